The van der Waals surface area contributed by atoms with Gasteiger partial charge in [-0.3, -0.25) is 10.1 Å². The fourth-order valence-corrected chi connectivity index (χ4v) is 4.12. The normalized spacial score (nSPS) is 14.4. The molecular formula is C23H25N9O. The average molecular weight is 444 g/mol. The number of aromatic hydroxyl groups is 1. The molecule has 0 bridgehead atoms. The number of nitrogens with zero attached hydrogens (tertiary/aromatic N) is 6. The van der Waals surface area contributed by atoms with Crippen molar-refractivity contribution in [2.24, 2.45) is 4.99 Å². The second kappa shape index (κ2) is 8.47. The molecule has 2 aromatic carbocycles. The lowest BCUT2D eigenvalue weighted by Crippen LogP contribution is -2.43. The Bertz CT molecular complexity index is 1340. The number of aliphatic imine (C=N–C) groups is 1. The van der Waals surface area contributed by atoms with Crippen LogP contribution in [0.15, 0.2) is 35.6 Å². The van der Waals surface area contributed by atoms with Crippen molar-refractivity contribution in [2.45, 2.75) is 6.92 Å². The number of aromatic nitrogens is 5. The first-order valence-corrected chi connectivity index (χ1v) is 10.7. The molecule has 1 aliphatic rings. The van der Waals surface area contributed by atoms with E-state index in [1.165, 1.54) is 6.33 Å². The Morgan fingerprint density at radius 1 is 1.18 bits per heavy atom. The summed E-state index contributed by atoms with van der Waals surface area (Å²) in [4.78, 5) is 20.3. The van der Waals surface area contributed by atoms with E-state index in [9.17, 15) is 5.11 Å². The highest BCUT2D eigenvalue weighted by molar-refractivity contribution is 5.96. The number of phenolic OH excluding ortho intramolecular Hbond substituents is 1. The molecular weight excluding hydrogens is 418 g/mol. The van der Waals surface area contributed by atoms with Crippen molar-refractivity contribution in [3.8, 4) is 28.7 Å². The zero-order chi connectivity index (χ0) is 22.9. The smallest absolute Gasteiger partial charge is 0.174 e. The van der Waals surface area contributed by atoms with Gasteiger partial charge < -0.3 is 21.1 Å². The molecule has 168 valence electrons. The summed E-state index contributed by atoms with van der Waals surface area (Å²) in [6.07, 6.45) is 3.10. The lowest BCUT2D eigenvalue weighted by molar-refractivity contribution is 0.473. The maximum absolute atomic E-state index is 10.9. The number of benzene rings is 2. The molecule has 0 unspecified atom stereocenters. The van der Waals surface area contributed by atoms with E-state index >= 15 is 0 Å². The van der Waals surface area contributed by atoms with Crippen molar-refractivity contribution >= 4 is 28.5 Å². The van der Waals surface area contributed by atoms with Crippen LogP contribution in [0.2, 0.25) is 0 Å². The molecule has 5 N–H and O–H groups in total. The second-order valence-electron chi connectivity index (χ2n) is 7.96. The lowest BCUT2D eigenvalue weighted by Gasteiger charge is -2.29. The second-order valence-corrected chi connectivity index (χ2v) is 7.96. The zero-order valence-electron chi connectivity index (χ0n) is 18.5. The van der Waals surface area contributed by atoms with Crippen LogP contribution >= 0.6 is 0 Å². The number of hydrogen-bond acceptors (Lipinski definition) is 9. The minimum absolute atomic E-state index is 0.0426. The Labute approximate surface area is 190 Å². The molecule has 0 amide bonds. The van der Waals surface area contributed by atoms with Crippen LogP contribution in [0.5, 0.6) is 5.75 Å². The van der Waals surface area contributed by atoms with Gasteiger partial charge in [-0.25, -0.2) is 15.0 Å². The third kappa shape index (κ3) is 3.74. The van der Waals surface area contributed by atoms with Crippen LogP contribution in [-0.2, 0) is 0 Å². The summed E-state index contributed by atoms with van der Waals surface area (Å²) in [5.74, 6) is 0.944. The molecule has 0 saturated carbocycles. The number of piperazine rings is 1. The van der Waals surface area contributed by atoms with Gasteiger partial charge in [0.2, 0.25) is 0 Å². The number of anilines is 2. The first kappa shape index (κ1) is 20.8. The number of H-pyrrole nitrogens is 1. The molecule has 0 radical (unpaired) electrons. The van der Waals surface area contributed by atoms with Gasteiger partial charge in [-0.05, 0) is 31.2 Å². The molecule has 3 heterocycles. The summed E-state index contributed by atoms with van der Waals surface area (Å²) >= 11 is 0. The van der Waals surface area contributed by atoms with Gasteiger partial charge in [0.1, 0.15) is 17.8 Å². The Morgan fingerprint density at radius 3 is 2.73 bits per heavy atom. The zero-order valence-corrected chi connectivity index (χ0v) is 18.5. The maximum Gasteiger partial charge on any atom is 0.174 e. The van der Waals surface area contributed by atoms with Crippen LogP contribution in [-0.4, -0.2) is 69.7 Å². The van der Waals surface area contributed by atoms with Gasteiger partial charge in [0.05, 0.1) is 11.1 Å². The Hall–Kier alpha value is -4.05. The fraction of sp³-hybridized carbons (Fsp3) is 0.261. The van der Waals surface area contributed by atoms with E-state index < -0.39 is 0 Å². The molecule has 1 saturated heterocycles. The monoisotopic (exact) mass is 443 g/mol. The van der Waals surface area contributed by atoms with Crippen LogP contribution in [0.1, 0.15) is 11.1 Å². The van der Waals surface area contributed by atoms with Crippen LogP contribution in [0, 0.1) is 6.92 Å². The first-order chi connectivity index (χ1) is 16.1. The number of nitrogens with one attached hydrogen (secondary N) is 2. The van der Waals surface area contributed by atoms with Crippen LogP contribution < -0.4 is 16.0 Å². The van der Waals surface area contributed by atoms with Gasteiger partial charge in [0.25, 0.3) is 0 Å². The number of nitrogen functional groups attached to an aromatic ring is 1. The van der Waals surface area contributed by atoms with Gasteiger partial charge in [-0.1, -0.05) is 0 Å². The quantitative estimate of drug-likeness (QED) is 0.278. The van der Waals surface area contributed by atoms with E-state index in [1.54, 1.807) is 26.3 Å². The molecule has 10 nitrogen and oxygen atoms in total. The predicted molar refractivity (Wildman–Crippen MR) is 130 cm³/mol. The first-order valence-electron chi connectivity index (χ1n) is 10.7. The summed E-state index contributed by atoms with van der Waals surface area (Å²) < 4.78 is 0. The van der Waals surface area contributed by atoms with Crippen molar-refractivity contribution in [1.29, 1.82) is 0 Å². The number of hydrogen-bond donors (Lipinski definition) is 4. The third-order valence-electron chi connectivity index (χ3n) is 5.94. The molecule has 4 aromatic rings. The van der Waals surface area contributed by atoms with Crippen molar-refractivity contribution < 1.29 is 5.11 Å². The summed E-state index contributed by atoms with van der Waals surface area (Å²) in [7, 11) is 1.67. The summed E-state index contributed by atoms with van der Waals surface area (Å²) in [6, 6.07) is 7.89. The summed E-state index contributed by atoms with van der Waals surface area (Å²) in [5.41, 5.74) is 10.8. The molecule has 1 fully saturated rings. The minimum Gasteiger partial charge on any atom is -0.507 e. The fourth-order valence-electron chi connectivity index (χ4n) is 4.12. The Balaban J connectivity index is 1.72. The number of rotatable bonds is 4. The van der Waals surface area contributed by atoms with Crippen molar-refractivity contribution in [1.82, 2.24) is 30.5 Å². The average Bonchev–Trinajstić information content (AvgIpc) is 3.39. The maximum atomic E-state index is 10.9. The van der Waals surface area contributed by atoms with Gasteiger partial charge in [0, 0.05) is 67.3 Å². The topological polar surface area (TPSA) is 141 Å². The molecule has 1 aliphatic heterocycles. The van der Waals surface area contributed by atoms with E-state index in [0.717, 1.165) is 42.8 Å². The van der Waals surface area contributed by atoms with Gasteiger partial charge in [-0.15, -0.1) is 0 Å². The van der Waals surface area contributed by atoms with Crippen LogP contribution in [0.4, 0.5) is 11.4 Å². The number of phenols is 1. The Kier molecular flexibility index (Phi) is 5.35. The van der Waals surface area contributed by atoms with Crippen LogP contribution in [0.25, 0.3) is 33.8 Å². The van der Waals surface area contributed by atoms with Crippen molar-refractivity contribution in [3.63, 3.8) is 0 Å². The standard InChI is InChI=1S/C23H25N9O/c1-13-19(24)14(11-25-2)9-17(21(13)33)22-29-18-4-3-15(32-7-5-26-6-8-32)10-16(18)20(30-22)23-27-12-28-31-23/h3-4,9-12,26,33H,5-8,24H2,1-2H3,(H,27,28,31). The summed E-state index contributed by atoms with van der Waals surface area (Å²) in [5, 5.41) is 22.0. The number of aromatic amines is 1. The van der Waals surface area contributed by atoms with Gasteiger partial charge in [-0.2, -0.15) is 5.10 Å². The van der Waals surface area contributed by atoms with E-state index in [-0.39, 0.29) is 5.75 Å². The highest BCUT2D eigenvalue weighted by Gasteiger charge is 2.20. The third-order valence-corrected chi connectivity index (χ3v) is 5.94. The SMILES string of the molecule is CN=Cc1cc(-c2nc(-c3ncn[nH]3)c3cc(N4CCNCC4)ccc3n2)c(O)c(C)c1N. The minimum atomic E-state index is 0.0426. The van der Waals surface area contributed by atoms with Crippen molar-refractivity contribution in [2.75, 3.05) is 43.9 Å². The largest absolute Gasteiger partial charge is 0.507 e. The molecule has 0 aliphatic carbocycles. The van der Waals surface area contributed by atoms with E-state index in [0.29, 0.717) is 39.7 Å². The van der Waals surface area contributed by atoms with Gasteiger partial charge in [0.15, 0.2) is 11.6 Å². The van der Waals surface area contributed by atoms with E-state index in [4.69, 9.17) is 15.7 Å². The van der Waals surface area contributed by atoms with E-state index in [2.05, 4.69) is 42.5 Å². The van der Waals surface area contributed by atoms with E-state index in [1.807, 2.05) is 6.07 Å². The molecule has 0 spiro atoms. The highest BCUT2D eigenvalue weighted by Crippen LogP contribution is 2.37. The lowest BCUT2D eigenvalue weighted by atomic mass is 10.0. The van der Waals surface area contributed by atoms with Crippen LogP contribution in [0.3, 0.4) is 0 Å². The number of fused-ring (bicyclic) bond motifs is 1. The molecule has 2 aromatic heterocycles. The molecule has 33 heavy (non-hydrogen) atoms. The number of nitrogens with two attached hydrogens (primary N) is 1. The molecule has 10 heteroatoms. The molecule has 0 atom stereocenters. The summed E-state index contributed by atoms with van der Waals surface area (Å²) in [6.45, 7) is 5.52. The predicted octanol–water partition coefficient (Wildman–Crippen LogP) is 2.14. The highest BCUT2D eigenvalue weighted by atomic mass is 16.3. The van der Waals surface area contributed by atoms with Crippen molar-refractivity contribution in [3.05, 3.63) is 41.7 Å². The van der Waals surface area contributed by atoms with Gasteiger partial charge >= 0.3 is 0 Å². The molecule has 5 rings (SSSR count). The Morgan fingerprint density at radius 2 is 2.00 bits per heavy atom.